The Hall–Kier alpha value is -3.27. The third-order valence-electron chi connectivity index (χ3n) is 4.15. The molecule has 0 aliphatic carbocycles. The number of benzene rings is 2. The molecular weight excluding hydrogens is 424 g/mol. The molecule has 2 aromatic carbocycles. The number of carbonyl (C=O) groups is 2. The van der Waals surface area contributed by atoms with Crippen molar-refractivity contribution in [2.45, 2.75) is 19.8 Å². The number of anilines is 2. The smallest absolute Gasteiger partial charge is 0.229 e. The molecule has 0 heterocycles. The summed E-state index contributed by atoms with van der Waals surface area (Å²) < 4.78 is 41.4. The van der Waals surface area contributed by atoms with Crippen molar-refractivity contribution < 1.29 is 32.2 Å². The van der Waals surface area contributed by atoms with Crippen LogP contribution >= 0.6 is 0 Å². The lowest BCUT2D eigenvalue weighted by Crippen LogP contribution is -2.14. The van der Waals surface area contributed by atoms with Crippen molar-refractivity contribution in [3.8, 4) is 17.2 Å². The monoisotopic (exact) mass is 450 g/mol. The molecule has 0 spiro atoms. The van der Waals surface area contributed by atoms with Crippen molar-refractivity contribution in [1.29, 1.82) is 0 Å². The van der Waals surface area contributed by atoms with E-state index in [1.54, 1.807) is 30.3 Å². The average molecular weight is 451 g/mol. The summed E-state index contributed by atoms with van der Waals surface area (Å²) in [5.74, 6) is 0.940. The van der Waals surface area contributed by atoms with Crippen LogP contribution in [0, 0.1) is 0 Å². The number of ketones is 1. The fourth-order valence-electron chi connectivity index (χ4n) is 2.71. The highest BCUT2D eigenvalue weighted by molar-refractivity contribution is 7.92. The normalized spacial score (nSPS) is 10.8. The van der Waals surface area contributed by atoms with Gasteiger partial charge in [0.25, 0.3) is 0 Å². The molecule has 0 aliphatic heterocycles. The van der Waals surface area contributed by atoms with Crippen molar-refractivity contribution in [3.63, 3.8) is 0 Å². The standard InChI is InChI=1S/C21H26N2O7S/c1-14(24)15-7-9-19(20(12-15)29-3)30-11-5-6-21(25)22-16-8-10-18(28-2)17(13-16)23-31(4,26)27/h7-10,12-13,23H,5-6,11H2,1-4H3,(H,22,25). The first-order valence-electron chi connectivity index (χ1n) is 9.40. The molecular formula is C21H26N2O7S. The molecule has 31 heavy (non-hydrogen) atoms. The fraction of sp³-hybridized carbons (Fsp3) is 0.333. The Labute approximate surface area is 181 Å². The summed E-state index contributed by atoms with van der Waals surface area (Å²) in [4.78, 5) is 23.7. The average Bonchev–Trinajstić information content (AvgIpc) is 2.70. The molecule has 0 radical (unpaired) electrons. The predicted octanol–water partition coefficient (Wildman–Crippen LogP) is 3.08. The highest BCUT2D eigenvalue weighted by Gasteiger charge is 2.12. The number of hydrogen-bond donors (Lipinski definition) is 2. The summed E-state index contributed by atoms with van der Waals surface area (Å²) in [6, 6.07) is 9.57. The Morgan fingerprint density at radius 1 is 0.968 bits per heavy atom. The molecule has 0 saturated heterocycles. The predicted molar refractivity (Wildman–Crippen MR) is 118 cm³/mol. The largest absolute Gasteiger partial charge is 0.495 e. The van der Waals surface area contributed by atoms with E-state index in [0.29, 0.717) is 34.9 Å². The van der Waals surface area contributed by atoms with E-state index >= 15 is 0 Å². The SMILES string of the molecule is COc1ccc(NC(=O)CCCOc2ccc(C(C)=O)cc2OC)cc1NS(C)(=O)=O. The Kier molecular flexibility index (Phi) is 8.26. The molecule has 0 atom stereocenters. The minimum absolute atomic E-state index is 0.0741. The van der Waals surface area contributed by atoms with Crippen LogP contribution in [0.4, 0.5) is 11.4 Å². The van der Waals surface area contributed by atoms with Crippen molar-refractivity contribution in [1.82, 2.24) is 0 Å². The Balaban J connectivity index is 1.90. The van der Waals surface area contributed by atoms with E-state index in [9.17, 15) is 18.0 Å². The lowest BCUT2D eigenvalue weighted by atomic mass is 10.1. The van der Waals surface area contributed by atoms with E-state index in [0.717, 1.165) is 6.26 Å². The summed E-state index contributed by atoms with van der Waals surface area (Å²) in [5, 5.41) is 2.71. The number of carbonyl (C=O) groups excluding carboxylic acids is 2. The fourth-order valence-corrected chi connectivity index (χ4v) is 3.27. The number of Topliss-reactive ketones (excluding diaryl/α,β-unsaturated/α-hetero) is 1. The maximum Gasteiger partial charge on any atom is 0.229 e. The molecule has 0 fully saturated rings. The van der Waals surface area contributed by atoms with E-state index in [1.807, 2.05) is 0 Å². The molecule has 0 unspecified atom stereocenters. The number of ether oxygens (including phenoxy) is 3. The Morgan fingerprint density at radius 3 is 2.26 bits per heavy atom. The topological polar surface area (TPSA) is 120 Å². The molecule has 0 aliphatic rings. The van der Waals surface area contributed by atoms with E-state index in [4.69, 9.17) is 14.2 Å². The second-order valence-corrected chi connectivity index (χ2v) is 8.46. The van der Waals surface area contributed by atoms with E-state index < -0.39 is 10.0 Å². The van der Waals surface area contributed by atoms with Gasteiger partial charge in [-0.15, -0.1) is 0 Å². The molecule has 10 heteroatoms. The van der Waals surface area contributed by atoms with Gasteiger partial charge in [-0.2, -0.15) is 0 Å². The third kappa shape index (κ3) is 7.49. The Bertz CT molecular complexity index is 1050. The molecule has 2 N–H and O–H groups in total. The molecule has 168 valence electrons. The van der Waals surface area contributed by atoms with Crippen molar-refractivity contribution in [2.75, 3.05) is 37.1 Å². The highest BCUT2D eigenvalue weighted by atomic mass is 32.2. The number of rotatable bonds is 11. The van der Waals surface area contributed by atoms with Gasteiger partial charge in [-0.25, -0.2) is 8.42 Å². The quantitative estimate of drug-likeness (QED) is 0.399. The Morgan fingerprint density at radius 2 is 1.65 bits per heavy atom. The number of hydrogen-bond acceptors (Lipinski definition) is 7. The second-order valence-electron chi connectivity index (χ2n) is 6.71. The number of methoxy groups -OCH3 is 2. The first kappa shape index (κ1) is 24.0. The van der Waals surface area contributed by atoms with E-state index in [2.05, 4.69) is 10.0 Å². The van der Waals surface area contributed by atoms with Crippen LogP contribution in [-0.4, -0.2) is 47.2 Å². The van der Waals surface area contributed by atoms with Crippen LogP contribution in [0.15, 0.2) is 36.4 Å². The third-order valence-corrected chi connectivity index (χ3v) is 4.75. The van der Waals surface area contributed by atoms with Gasteiger partial charge in [-0.3, -0.25) is 14.3 Å². The summed E-state index contributed by atoms with van der Waals surface area (Å²) in [6.45, 7) is 1.74. The van der Waals surface area contributed by atoms with Crippen molar-refractivity contribution in [3.05, 3.63) is 42.0 Å². The molecule has 2 aromatic rings. The van der Waals surface area contributed by atoms with Crippen LogP contribution in [0.2, 0.25) is 0 Å². The van der Waals surface area contributed by atoms with Crippen molar-refractivity contribution in [2.24, 2.45) is 0 Å². The maximum atomic E-state index is 12.2. The minimum Gasteiger partial charge on any atom is -0.495 e. The molecule has 0 saturated carbocycles. The summed E-state index contributed by atoms with van der Waals surface area (Å²) in [5.41, 5.74) is 1.18. The van der Waals surface area contributed by atoms with Crippen LogP contribution < -0.4 is 24.2 Å². The second kappa shape index (κ2) is 10.7. The zero-order chi connectivity index (χ0) is 23.0. The number of sulfonamides is 1. The van der Waals surface area contributed by atoms with Crippen LogP contribution in [0.1, 0.15) is 30.1 Å². The van der Waals surface area contributed by atoms with Crippen LogP contribution in [-0.2, 0) is 14.8 Å². The molecule has 9 nitrogen and oxygen atoms in total. The molecule has 0 aromatic heterocycles. The van der Waals surface area contributed by atoms with Gasteiger partial charge in [-0.1, -0.05) is 0 Å². The molecule has 2 rings (SSSR count). The van der Waals surface area contributed by atoms with Crippen molar-refractivity contribution >= 4 is 33.1 Å². The van der Waals surface area contributed by atoms with Gasteiger partial charge < -0.3 is 19.5 Å². The van der Waals surface area contributed by atoms with Crippen LogP contribution in [0.5, 0.6) is 17.2 Å². The van der Waals surface area contributed by atoms with Gasteiger partial charge in [0.1, 0.15) is 5.75 Å². The first-order valence-corrected chi connectivity index (χ1v) is 11.3. The van der Waals surface area contributed by atoms with Crippen LogP contribution in [0.3, 0.4) is 0 Å². The zero-order valence-electron chi connectivity index (χ0n) is 17.9. The molecule has 0 bridgehead atoms. The van der Waals surface area contributed by atoms with Gasteiger partial charge in [-0.05, 0) is 49.7 Å². The van der Waals surface area contributed by atoms with E-state index in [-0.39, 0.29) is 30.4 Å². The highest BCUT2D eigenvalue weighted by Crippen LogP contribution is 2.29. The summed E-state index contributed by atoms with van der Waals surface area (Å²) in [7, 11) is -0.593. The van der Waals surface area contributed by atoms with Gasteiger partial charge in [0.15, 0.2) is 17.3 Å². The maximum absolute atomic E-state index is 12.2. The van der Waals surface area contributed by atoms with Gasteiger partial charge in [0, 0.05) is 17.7 Å². The van der Waals surface area contributed by atoms with Gasteiger partial charge in [0.2, 0.25) is 15.9 Å². The summed E-state index contributed by atoms with van der Waals surface area (Å²) in [6.07, 6.45) is 1.66. The lowest BCUT2D eigenvalue weighted by molar-refractivity contribution is -0.116. The van der Waals surface area contributed by atoms with E-state index in [1.165, 1.54) is 27.2 Å². The minimum atomic E-state index is -3.50. The number of amides is 1. The molecule has 1 amide bonds. The van der Waals surface area contributed by atoms with Crippen LogP contribution in [0.25, 0.3) is 0 Å². The number of nitrogens with one attached hydrogen (secondary N) is 2. The lowest BCUT2D eigenvalue weighted by Gasteiger charge is -2.13. The first-order chi connectivity index (χ1) is 14.6. The van der Waals surface area contributed by atoms with Gasteiger partial charge >= 0.3 is 0 Å². The summed E-state index contributed by atoms with van der Waals surface area (Å²) >= 11 is 0. The zero-order valence-corrected chi connectivity index (χ0v) is 18.7. The van der Waals surface area contributed by atoms with Gasteiger partial charge in [0.05, 0.1) is 32.8 Å².